The average Bonchev–Trinajstić information content (AvgIpc) is 2.39. The first-order valence-corrected chi connectivity index (χ1v) is 6.71. The van der Waals surface area contributed by atoms with E-state index in [9.17, 15) is 0 Å². The Morgan fingerprint density at radius 1 is 1.35 bits per heavy atom. The van der Waals surface area contributed by atoms with E-state index in [1.54, 1.807) is 0 Å². The third-order valence-electron chi connectivity index (χ3n) is 3.72. The van der Waals surface area contributed by atoms with Crippen molar-refractivity contribution in [3.05, 3.63) is 47.0 Å². The van der Waals surface area contributed by atoms with Gasteiger partial charge in [-0.3, -0.25) is 4.90 Å². The van der Waals surface area contributed by atoms with Crippen LogP contribution in [0, 0.1) is 0 Å². The summed E-state index contributed by atoms with van der Waals surface area (Å²) in [7, 11) is 2.19. The number of likely N-dealkylation sites (N-methyl/N-ethyl adjacent to an activating group) is 1. The first kappa shape index (κ1) is 12.7. The third kappa shape index (κ3) is 2.91. The van der Waals surface area contributed by atoms with Gasteiger partial charge >= 0.3 is 0 Å². The largest absolute Gasteiger partial charge is 0.293 e. The highest BCUT2D eigenvalue weighted by atomic mass is 35.5. The fourth-order valence-corrected chi connectivity index (χ4v) is 2.75. The van der Waals surface area contributed by atoms with Crippen LogP contribution in [0.3, 0.4) is 0 Å². The number of rotatable bonds is 3. The van der Waals surface area contributed by atoms with E-state index in [1.807, 2.05) is 12.1 Å². The molecule has 0 fully saturated rings. The van der Waals surface area contributed by atoms with Crippen LogP contribution in [-0.4, -0.2) is 18.0 Å². The van der Waals surface area contributed by atoms with Crippen molar-refractivity contribution in [2.24, 2.45) is 0 Å². The summed E-state index contributed by atoms with van der Waals surface area (Å²) in [6, 6.07) is 9.04. The van der Waals surface area contributed by atoms with E-state index < -0.39 is 0 Å². The highest BCUT2D eigenvalue weighted by Crippen LogP contribution is 2.29. The molecule has 0 radical (unpaired) electrons. The van der Waals surface area contributed by atoms with Gasteiger partial charge in [-0.25, -0.2) is 0 Å². The van der Waals surface area contributed by atoms with Crippen LogP contribution in [0.25, 0.3) is 0 Å². The molecule has 0 aliphatic heterocycles. The lowest BCUT2D eigenvalue weighted by Gasteiger charge is -2.33. The molecule has 0 saturated carbocycles. The van der Waals surface area contributed by atoms with Gasteiger partial charge in [0.25, 0.3) is 0 Å². The van der Waals surface area contributed by atoms with Gasteiger partial charge in [0.2, 0.25) is 0 Å². The van der Waals surface area contributed by atoms with Crippen LogP contribution in [0.4, 0.5) is 0 Å². The van der Waals surface area contributed by atoms with Crippen molar-refractivity contribution in [2.75, 3.05) is 7.05 Å². The number of nitrogens with zero attached hydrogens (tertiary/aromatic N) is 1. The molecule has 2 unspecified atom stereocenters. The SMILES string of the molecule is CC(c1ccccc1Cl)N(C)C1C=CCCC1. The fourth-order valence-electron chi connectivity index (χ4n) is 2.45. The minimum absolute atomic E-state index is 0.358. The van der Waals surface area contributed by atoms with Gasteiger partial charge in [-0.1, -0.05) is 42.0 Å². The van der Waals surface area contributed by atoms with Crippen molar-refractivity contribution in [1.29, 1.82) is 0 Å². The summed E-state index contributed by atoms with van der Waals surface area (Å²) in [5.74, 6) is 0. The molecular weight excluding hydrogens is 230 g/mol. The van der Waals surface area contributed by atoms with Crippen molar-refractivity contribution >= 4 is 11.6 Å². The summed E-state index contributed by atoms with van der Waals surface area (Å²) in [5.41, 5.74) is 1.22. The van der Waals surface area contributed by atoms with E-state index >= 15 is 0 Å². The van der Waals surface area contributed by atoms with Gasteiger partial charge in [0.1, 0.15) is 0 Å². The van der Waals surface area contributed by atoms with Crippen molar-refractivity contribution in [2.45, 2.75) is 38.3 Å². The molecule has 1 aromatic rings. The smallest absolute Gasteiger partial charge is 0.0453 e. The molecule has 2 heteroatoms. The molecule has 1 aromatic carbocycles. The van der Waals surface area contributed by atoms with Gasteiger partial charge in [0.15, 0.2) is 0 Å². The van der Waals surface area contributed by atoms with Gasteiger partial charge in [0.05, 0.1) is 0 Å². The quantitative estimate of drug-likeness (QED) is 0.716. The van der Waals surface area contributed by atoms with Gasteiger partial charge in [0, 0.05) is 17.1 Å². The van der Waals surface area contributed by atoms with Crippen molar-refractivity contribution in [1.82, 2.24) is 4.90 Å². The summed E-state index contributed by atoms with van der Waals surface area (Å²) >= 11 is 6.26. The zero-order chi connectivity index (χ0) is 12.3. The Morgan fingerprint density at radius 3 is 2.76 bits per heavy atom. The van der Waals surface area contributed by atoms with Gasteiger partial charge in [-0.05, 0) is 44.9 Å². The summed E-state index contributed by atoms with van der Waals surface area (Å²) in [4.78, 5) is 2.41. The lowest BCUT2D eigenvalue weighted by Crippen LogP contribution is -2.33. The van der Waals surface area contributed by atoms with Crippen LogP contribution in [0.5, 0.6) is 0 Å². The molecule has 0 N–H and O–H groups in total. The summed E-state index contributed by atoms with van der Waals surface area (Å²) < 4.78 is 0. The zero-order valence-electron chi connectivity index (χ0n) is 10.6. The standard InChI is InChI=1S/C15H20ClN/c1-12(14-10-6-7-11-15(14)16)17(2)13-8-4-3-5-9-13/h4,6-8,10-13H,3,5,9H2,1-2H3. The topological polar surface area (TPSA) is 3.24 Å². The minimum Gasteiger partial charge on any atom is -0.293 e. The average molecular weight is 250 g/mol. The van der Waals surface area contributed by atoms with E-state index in [4.69, 9.17) is 11.6 Å². The van der Waals surface area contributed by atoms with Crippen molar-refractivity contribution < 1.29 is 0 Å². The lowest BCUT2D eigenvalue weighted by atomic mass is 9.98. The number of halogens is 1. The molecule has 0 heterocycles. The molecule has 0 bridgehead atoms. The van der Waals surface area contributed by atoms with E-state index in [1.165, 1.54) is 24.8 Å². The third-order valence-corrected chi connectivity index (χ3v) is 4.06. The first-order valence-electron chi connectivity index (χ1n) is 6.33. The van der Waals surface area contributed by atoms with E-state index in [2.05, 4.69) is 43.2 Å². The highest BCUT2D eigenvalue weighted by Gasteiger charge is 2.21. The predicted octanol–water partition coefficient (Wildman–Crippen LogP) is 4.44. The molecule has 1 aliphatic carbocycles. The predicted molar refractivity (Wildman–Crippen MR) is 74.4 cm³/mol. The second-order valence-corrected chi connectivity index (χ2v) is 5.20. The molecule has 0 aromatic heterocycles. The van der Waals surface area contributed by atoms with Gasteiger partial charge < -0.3 is 0 Å². The number of hydrogen-bond donors (Lipinski definition) is 0. The Hall–Kier alpha value is -0.790. The summed E-state index contributed by atoms with van der Waals surface area (Å²) in [5, 5.41) is 0.867. The Bertz CT molecular complexity index is 400. The van der Waals surface area contributed by atoms with Crippen LogP contribution >= 0.6 is 11.6 Å². The van der Waals surface area contributed by atoms with Crippen LogP contribution in [-0.2, 0) is 0 Å². The second kappa shape index (κ2) is 5.70. The molecule has 0 spiro atoms. The molecule has 2 atom stereocenters. The Morgan fingerprint density at radius 2 is 2.12 bits per heavy atom. The molecule has 1 nitrogen and oxygen atoms in total. The molecular formula is C15H20ClN. The maximum atomic E-state index is 6.26. The highest BCUT2D eigenvalue weighted by molar-refractivity contribution is 6.31. The number of hydrogen-bond acceptors (Lipinski definition) is 1. The molecule has 17 heavy (non-hydrogen) atoms. The maximum Gasteiger partial charge on any atom is 0.0453 e. The fraction of sp³-hybridized carbons (Fsp3) is 0.467. The number of allylic oxidation sites excluding steroid dienone is 1. The first-order chi connectivity index (χ1) is 8.20. The maximum absolute atomic E-state index is 6.26. The van der Waals surface area contributed by atoms with Crippen LogP contribution in [0.15, 0.2) is 36.4 Å². The summed E-state index contributed by atoms with van der Waals surface area (Å²) in [6.45, 7) is 2.23. The molecule has 2 rings (SSSR count). The van der Waals surface area contributed by atoms with Gasteiger partial charge in [-0.2, -0.15) is 0 Å². The Balaban J connectivity index is 2.14. The lowest BCUT2D eigenvalue weighted by molar-refractivity contribution is 0.202. The Kier molecular flexibility index (Phi) is 4.25. The van der Waals surface area contributed by atoms with Crippen molar-refractivity contribution in [3.63, 3.8) is 0 Å². The van der Waals surface area contributed by atoms with E-state index in [0.29, 0.717) is 12.1 Å². The Labute approximate surface area is 109 Å². The minimum atomic E-state index is 0.358. The van der Waals surface area contributed by atoms with Gasteiger partial charge in [-0.15, -0.1) is 0 Å². The van der Waals surface area contributed by atoms with Crippen molar-refractivity contribution in [3.8, 4) is 0 Å². The molecule has 0 saturated heterocycles. The second-order valence-electron chi connectivity index (χ2n) is 4.79. The molecule has 0 amide bonds. The van der Waals surface area contributed by atoms with Crippen LogP contribution in [0.1, 0.15) is 37.8 Å². The molecule has 1 aliphatic rings. The van der Waals surface area contributed by atoms with Crippen LogP contribution in [0.2, 0.25) is 5.02 Å². The zero-order valence-corrected chi connectivity index (χ0v) is 11.3. The van der Waals surface area contributed by atoms with E-state index in [-0.39, 0.29) is 0 Å². The van der Waals surface area contributed by atoms with Crippen LogP contribution < -0.4 is 0 Å². The monoisotopic (exact) mass is 249 g/mol. The van der Waals surface area contributed by atoms with E-state index in [0.717, 1.165) is 5.02 Å². The number of benzene rings is 1. The summed E-state index contributed by atoms with van der Waals surface area (Å²) in [6.07, 6.45) is 8.40. The normalized spacial score (nSPS) is 21.8. The molecule has 92 valence electrons.